The molecule has 1 aliphatic rings. The van der Waals surface area contributed by atoms with Crippen molar-refractivity contribution in [2.75, 3.05) is 6.61 Å². The van der Waals surface area contributed by atoms with Crippen molar-refractivity contribution in [3.05, 3.63) is 35.9 Å². The molecule has 1 aromatic rings. The Labute approximate surface area is 97.8 Å². The predicted molar refractivity (Wildman–Crippen MR) is 66.0 cm³/mol. The molecule has 0 aliphatic heterocycles. The summed E-state index contributed by atoms with van der Waals surface area (Å²) in [4.78, 5) is 0. The highest BCUT2D eigenvalue weighted by molar-refractivity contribution is 5.13. The van der Waals surface area contributed by atoms with Gasteiger partial charge in [0, 0.05) is 12.6 Å². The van der Waals surface area contributed by atoms with E-state index >= 15 is 0 Å². The Morgan fingerprint density at radius 3 is 2.62 bits per heavy atom. The lowest BCUT2D eigenvalue weighted by Crippen LogP contribution is -2.39. The fourth-order valence-corrected chi connectivity index (χ4v) is 2.17. The van der Waals surface area contributed by atoms with E-state index in [1.807, 2.05) is 18.2 Å². The minimum atomic E-state index is 0.467. The van der Waals surface area contributed by atoms with Gasteiger partial charge in [-0.3, -0.25) is 0 Å². The molecule has 2 unspecified atom stereocenters. The molecule has 1 fully saturated rings. The van der Waals surface area contributed by atoms with Gasteiger partial charge in [0.25, 0.3) is 0 Å². The summed E-state index contributed by atoms with van der Waals surface area (Å²) in [5, 5.41) is 0. The molecular formula is C14H21NO. The lowest BCUT2D eigenvalue weighted by molar-refractivity contribution is 0.106. The van der Waals surface area contributed by atoms with Gasteiger partial charge in [-0.25, -0.2) is 0 Å². The normalized spacial score (nSPS) is 24.1. The van der Waals surface area contributed by atoms with Crippen LogP contribution in [0.25, 0.3) is 0 Å². The fraction of sp³-hybridized carbons (Fsp3) is 0.571. The molecule has 16 heavy (non-hydrogen) atoms. The van der Waals surface area contributed by atoms with E-state index in [0.29, 0.717) is 6.04 Å². The number of ether oxygens (including phenoxy) is 1. The lowest BCUT2D eigenvalue weighted by Gasteiger charge is -2.33. The topological polar surface area (TPSA) is 35.2 Å². The standard InChI is InChI=1S/C14H21NO/c15-14-9-8-13(14)7-4-10-16-11-12-5-2-1-3-6-12/h1-3,5-6,13-14H,4,7-11,15H2. The molecule has 0 heterocycles. The Kier molecular flexibility index (Phi) is 4.37. The van der Waals surface area contributed by atoms with E-state index in [2.05, 4.69) is 12.1 Å². The molecule has 0 saturated heterocycles. The molecule has 2 atom stereocenters. The number of nitrogens with two attached hydrogens (primary N) is 1. The summed E-state index contributed by atoms with van der Waals surface area (Å²) in [6.07, 6.45) is 4.91. The van der Waals surface area contributed by atoms with Gasteiger partial charge >= 0.3 is 0 Å². The second-order valence-corrected chi connectivity index (χ2v) is 4.68. The molecule has 2 rings (SSSR count). The lowest BCUT2D eigenvalue weighted by atomic mass is 9.77. The molecule has 0 radical (unpaired) electrons. The van der Waals surface area contributed by atoms with Gasteiger partial charge in [-0.15, -0.1) is 0 Å². The van der Waals surface area contributed by atoms with E-state index in [1.165, 1.54) is 24.8 Å². The SMILES string of the molecule is NC1CCC1CCCOCc1ccccc1. The highest BCUT2D eigenvalue weighted by atomic mass is 16.5. The molecule has 1 aromatic carbocycles. The largest absolute Gasteiger partial charge is 0.377 e. The Morgan fingerprint density at radius 2 is 2.00 bits per heavy atom. The first-order chi connectivity index (χ1) is 7.86. The smallest absolute Gasteiger partial charge is 0.0716 e. The Balaban J connectivity index is 1.52. The van der Waals surface area contributed by atoms with Crippen LogP contribution in [0.4, 0.5) is 0 Å². The summed E-state index contributed by atoms with van der Waals surface area (Å²) in [5.41, 5.74) is 7.14. The molecule has 0 bridgehead atoms. The second-order valence-electron chi connectivity index (χ2n) is 4.68. The first kappa shape index (κ1) is 11.6. The van der Waals surface area contributed by atoms with Crippen LogP contribution in [0.1, 0.15) is 31.2 Å². The quantitative estimate of drug-likeness (QED) is 0.747. The fourth-order valence-electron chi connectivity index (χ4n) is 2.17. The van der Waals surface area contributed by atoms with Crippen molar-refractivity contribution in [1.82, 2.24) is 0 Å². The molecule has 0 aromatic heterocycles. The summed E-state index contributed by atoms with van der Waals surface area (Å²) < 4.78 is 5.63. The summed E-state index contributed by atoms with van der Waals surface area (Å²) in [7, 11) is 0. The molecule has 0 spiro atoms. The van der Waals surface area contributed by atoms with Gasteiger partial charge in [0.15, 0.2) is 0 Å². The van der Waals surface area contributed by atoms with Crippen molar-refractivity contribution < 1.29 is 4.74 Å². The van der Waals surface area contributed by atoms with Gasteiger partial charge < -0.3 is 10.5 Å². The maximum absolute atomic E-state index is 5.89. The third-order valence-electron chi connectivity index (χ3n) is 3.45. The molecule has 88 valence electrons. The minimum absolute atomic E-state index is 0.467. The third-order valence-corrected chi connectivity index (χ3v) is 3.45. The maximum Gasteiger partial charge on any atom is 0.0716 e. The molecule has 2 heteroatoms. The van der Waals surface area contributed by atoms with Gasteiger partial charge in [-0.1, -0.05) is 30.3 Å². The van der Waals surface area contributed by atoms with Gasteiger partial charge in [-0.2, -0.15) is 0 Å². The maximum atomic E-state index is 5.89. The highest BCUT2D eigenvalue weighted by Gasteiger charge is 2.26. The second kappa shape index (κ2) is 6.02. The van der Waals surface area contributed by atoms with Crippen molar-refractivity contribution in [2.24, 2.45) is 11.7 Å². The zero-order valence-corrected chi connectivity index (χ0v) is 9.77. The monoisotopic (exact) mass is 219 g/mol. The Morgan fingerprint density at radius 1 is 1.19 bits per heavy atom. The summed E-state index contributed by atoms with van der Waals surface area (Å²) in [6, 6.07) is 10.8. The van der Waals surface area contributed by atoms with Gasteiger partial charge in [-0.05, 0) is 37.2 Å². The zero-order chi connectivity index (χ0) is 11.2. The number of hydrogen-bond acceptors (Lipinski definition) is 2. The van der Waals surface area contributed by atoms with E-state index in [1.54, 1.807) is 0 Å². The molecular weight excluding hydrogens is 198 g/mol. The first-order valence-electron chi connectivity index (χ1n) is 6.23. The van der Waals surface area contributed by atoms with E-state index in [9.17, 15) is 0 Å². The molecule has 1 saturated carbocycles. The first-order valence-corrected chi connectivity index (χ1v) is 6.23. The average Bonchev–Trinajstić information content (AvgIpc) is 2.33. The Bertz CT molecular complexity index is 299. The van der Waals surface area contributed by atoms with E-state index in [0.717, 1.165) is 25.6 Å². The van der Waals surface area contributed by atoms with Crippen LogP contribution in [0.15, 0.2) is 30.3 Å². The van der Waals surface area contributed by atoms with Crippen molar-refractivity contribution >= 4 is 0 Å². The van der Waals surface area contributed by atoms with Crippen LogP contribution >= 0.6 is 0 Å². The van der Waals surface area contributed by atoms with Crippen molar-refractivity contribution in [3.8, 4) is 0 Å². The average molecular weight is 219 g/mol. The zero-order valence-electron chi connectivity index (χ0n) is 9.77. The van der Waals surface area contributed by atoms with Gasteiger partial charge in [0.05, 0.1) is 6.61 Å². The van der Waals surface area contributed by atoms with Crippen LogP contribution in [0.2, 0.25) is 0 Å². The predicted octanol–water partition coefficient (Wildman–Crippen LogP) is 2.72. The molecule has 1 aliphatic carbocycles. The van der Waals surface area contributed by atoms with E-state index < -0.39 is 0 Å². The van der Waals surface area contributed by atoms with E-state index in [4.69, 9.17) is 10.5 Å². The van der Waals surface area contributed by atoms with Crippen LogP contribution in [0.3, 0.4) is 0 Å². The number of benzene rings is 1. The van der Waals surface area contributed by atoms with Crippen LogP contribution in [-0.2, 0) is 11.3 Å². The van der Waals surface area contributed by atoms with Crippen LogP contribution in [0.5, 0.6) is 0 Å². The van der Waals surface area contributed by atoms with E-state index in [-0.39, 0.29) is 0 Å². The molecule has 2 N–H and O–H groups in total. The van der Waals surface area contributed by atoms with Crippen molar-refractivity contribution in [2.45, 2.75) is 38.3 Å². The Hall–Kier alpha value is -0.860. The van der Waals surface area contributed by atoms with Crippen LogP contribution in [0, 0.1) is 5.92 Å². The number of hydrogen-bond donors (Lipinski definition) is 1. The summed E-state index contributed by atoms with van der Waals surface area (Å²) >= 11 is 0. The van der Waals surface area contributed by atoms with Gasteiger partial charge in [0.1, 0.15) is 0 Å². The van der Waals surface area contributed by atoms with Crippen molar-refractivity contribution in [1.29, 1.82) is 0 Å². The number of rotatable bonds is 6. The highest BCUT2D eigenvalue weighted by Crippen LogP contribution is 2.29. The van der Waals surface area contributed by atoms with Crippen LogP contribution in [-0.4, -0.2) is 12.6 Å². The van der Waals surface area contributed by atoms with Crippen LogP contribution < -0.4 is 5.73 Å². The van der Waals surface area contributed by atoms with Gasteiger partial charge in [0.2, 0.25) is 0 Å². The molecule has 0 amide bonds. The third kappa shape index (κ3) is 3.32. The summed E-state index contributed by atoms with van der Waals surface area (Å²) in [6.45, 7) is 1.59. The minimum Gasteiger partial charge on any atom is -0.377 e. The van der Waals surface area contributed by atoms with Crippen molar-refractivity contribution in [3.63, 3.8) is 0 Å². The molecule has 2 nitrogen and oxygen atoms in total. The summed E-state index contributed by atoms with van der Waals surface area (Å²) in [5.74, 6) is 0.764.